The van der Waals surface area contributed by atoms with Gasteiger partial charge >= 0.3 is 0 Å². The second-order valence-corrected chi connectivity index (χ2v) is 5.64. The molecule has 1 aromatic heterocycles. The molecule has 2 rings (SSSR count). The Bertz CT molecular complexity index is 281. The van der Waals surface area contributed by atoms with Crippen molar-refractivity contribution in [1.82, 2.24) is 0 Å². The van der Waals surface area contributed by atoms with Gasteiger partial charge < -0.3 is 5.73 Å². The van der Waals surface area contributed by atoms with Gasteiger partial charge in [-0.25, -0.2) is 0 Å². The molecule has 0 radical (unpaired) electrons. The highest BCUT2D eigenvalue weighted by molar-refractivity contribution is 7.07. The van der Waals surface area contributed by atoms with E-state index in [0.717, 1.165) is 12.5 Å². The molecule has 0 amide bonds. The lowest BCUT2D eigenvalue weighted by Crippen LogP contribution is -2.30. The van der Waals surface area contributed by atoms with Gasteiger partial charge in [-0.1, -0.05) is 13.3 Å². The summed E-state index contributed by atoms with van der Waals surface area (Å²) in [4.78, 5) is 0. The van der Waals surface area contributed by atoms with E-state index in [0.29, 0.717) is 5.41 Å². The van der Waals surface area contributed by atoms with Crippen LogP contribution in [0.15, 0.2) is 16.8 Å². The van der Waals surface area contributed by atoms with Gasteiger partial charge in [-0.05, 0) is 59.5 Å². The van der Waals surface area contributed by atoms with Gasteiger partial charge in [-0.2, -0.15) is 11.3 Å². The van der Waals surface area contributed by atoms with Crippen LogP contribution in [0.4, 0.5) is 0 Å². The Morgan fingerprint density at radius 3 is 3.00 bits per heavy atom. The molecular weight excluding hydrogens is 190 g/mol. The molecule has 1 aromatic rings. The summed E-state index contributed by atoms with van der Waals surface area (Å²) in [6.45, 7) is 3.21. The van der Waals surface area contributed by atoms with Crippen molar-refractivity contribution in [1.29, 1.82) is 0 Å². The summed E-state index contributed by atoms with van der Waals surface area (Å²) in [5.74, 6) is 0.872. The van der Waals surface area contributed by atoms with Crippen LogP contribution in [-0.2, 0) is 6.42 Å². The number of hydrogen-bond acceptors (Lipinski definition) is 2. The van der Waals surface area contributed by atoms with Gasteiger partial charge in [0, 0.05) is 0 Å². The Hall–Kier alpha value is -0.340. The zero-order valence-corrected chi connectivity index (χ0v) is 9.65. The van der Waals surface area contributed by atoms with Crippen LogP contribution in [0.25, 0.3) is 0 Å². The van der Waals surface area contributed by atoms with Gasteiger partial charge in [0.1, 0.15) is 0 Å². The average molecular weight is 209 g/mol. The third-order valence-electron chi connectivity index (χ3n) is 3.54. The predicted octanol–water partition coefficient (Wildman–Crippen LogP) is 3.06. The van der Waals surface area contributed by atoms with Gasteiger partial charge in [0.2, 0.25) is 0 Å². The van der Waals surface area contributed by atoms with Crippen molar-refractivity contribution in [3.05, 3.63) is 22.4 Å². The van der Waals surface area contributed by atoms with Crippen LogP contribution < -0.4 is 5.73 Å². The first-order valence-electron chi connectivity index (χ1n) is 5.45. The standard InChI is InChI=1S/C12H19NS/c1-10-2-4-12(6-10,9-13)7-11-3-5-14-8-11/h3,5,8,10H,2,4,6-7,9,13H2,1H3. The fraction of sp³-hybridized carbons (Fsp3) is 0.667. The molecule has 0 saturated heterocycles. The Morgan fingerprint density at radius 2 is 2.50 bits per heavy atom. The number of hydrogen-bond donors (Lipinski definition) is 1. The molecule has 2 heteroatoms. The first kappa shape index (κ1) is 10.2. The number of rotatable bonds is 3. The van der Waals surface area contributed by atoms with Crippen LogP contribution in [0.1, 0.15) is 31.7 Å². The molecule has 0 bridgehead atoms. The Kier molecular flexibility index (Phi) is 2.93. The third-order valence-corrected chi connectivity index (χ3v) is 4.27. The maximum absolute atomic E-state index is 5.95. The molecule has 0 spiro atoms. The van der Waals surface area contributed by atoms with Gasteiger partial charge in [0.05, 0.1) is 0 Å². The minimum Gasteiger partial charge on any atom is -0.330 e. The quantitative estimate of drug-likeness (QED) is 0.813. The molecule has 2 atom stereocenters. The average Bonchev–Trinajstić information content (AvgIpc) is 2.77. The summed E-state index contributed by atoms with van der Waals surface area (Å²) in [5, 5.41) is 4.43. The molecule has 1 heterocycles. The van der Waals surface area contributed by atoms with E-state index in [1.807, 2.05) is 0 Å². The van der Waals surface area contributed by atoms with Crippen molar-refractivity contribution in [2.75, 3.05) is 6.54 Å². The summed E-state index contributed by atoms with van der Waals surface area (Å²) in [6.07, 6.45) is 5.19. The summed E-state index contributed by atoms with van der Waals surface area (Å²) in [7, 11) is 0. The molecule has 1 aliphatic rings. The third kappa shape index (κ3) is 2.01. The largest absolute Gasteiger partial charge is 0.330 e. The molecule has 0 aromatic carbocycles. The molecular formula is C12H19NS. The Morgan fingerprint density at radius 1 is 1.64 bits per heavy atom. The molecule has 2 unspecified atom stereocenters. The van der Waals surface area contributed by atoms with Crippen LogP contribution in [-0.4, -0.2) is 6.54 Å². The molecule has 14 heavy (non-hydrogen) atoms. The lowest BCUT2D eigenvalue weighted by Gasteiger charge is -2.27. The SMILES string of the molecule is CC1CCC(CN)(Cc2ccsc2)C1. The van der Waals surface area contributed by atoms with E-state index in [4.69, 9.17) is 5.73 Å². The number of thiophene rings is 1. The van der Waals surface area contributed by atoms with E-state index in [9.17, 15) is 0 Å². The minimum absolute atomic E-state index is 0.417. The number of nitrogens with two attached hydrogens (primary N) is 1. The highest BCUT2D eigenvalue weighted by Gasteiger charge is 2.36. The van der Waals surface area contributed by atoms with Gasteiger partial charge in [0.15, 0.2) is 0 Å². The first-order chi connectivity index (χ1) is 6.74. The van der Waals surface area contributed by atoms with Crippen LogP contribution in [0.3, 0.4) is 0 Å². The molecule has 1 nitrogen and oxygen atoms in total. The maximum Gasteiger partial charge on any atom is -0.00172 e. The van der Waals surface area contributed by atoms with E-state index in [-0.39, 0.29) is 0 Å². The molecule has 1 aliphatic carbocycles. The van der Waals surface area contributed by atoms with Crippen LogP contribution in [0, 0.1) is 11.3 Å². The molecule has 1 fully saturated rings. The second-order valence-electron chi connectivity index (χ2n) is 4.86. The lowest BCUT2D eigenvalue weighted by molar-refractivity contribution is 0.296. The van der Waals surface area contributed by atoms with Crippen LogP contribution >= 0.6 is 11.3 Å². The van der Waals surface area contributed by atoms with Crippen molar-refractivity contribution >= 4 is 11.3 Å². The van der Waals surface area contributed by atoms with E-state index in [2.05, 4.69) is 23.8 Å². The topological polar surface area (TPSA) is 26.0 Å². The smallest absolute Gasteiger partial charge is 0.00172 e. The molecule has 2 N–H and O–H groups in total. The van der Waals surface area contributed by atoms with E-state index in [1.54, 1.807) is 11.3 Å². The first-order valence-corrected chi connectivity index (χ1v) is 6.39. The van der Waals surface area contributed by atoms with Crippen molar-refractivity contribution in [3.8, 4) is 0 Å². The highest BCUT2D eigenvalue weighted by atomic mass is 32.1. The lowest BCUT2D eigenvalue weighted by atomic mass is 9.80. The molecule has 1 saturated carbocycles. The van der Waals surface area contributed by atoms with Gasteiger partial charge in [-0.15, -0.1) is 0 Å². The zero-order valence-electron chi connectivity index (χ0n) is 8.83. The van der Waals surface area contributed by atoms with Crippen molar-refractivity contribution in [2.24, 2.45) is 17.1 Å². The monoisotopic (exact) mass is 209 g/mol. The fourth-order valence-corrected chi connectivity index (χ4v) is 3.41. The van der Waals surface area contributed by atoms with E-state index >= 15 is 0 Å². The molecule has 0 aliphatic heterocycles. The normalized spacial score (nSPS) is 32.3. The van der Waals surface area contributed by atoms with Crippen LogP contribution in [0.5, 0.6) is 0 Å². The van der Waals surface area contributed by atoms with Crippen LogP contribution in [0.2, 0.25) is 0 Å². The molecule has 78 valence electrons. The maximum atomic E-state index is 5.95. The summed E-state index contributed by atoms with van der Waals surface area (Å²) < 4.78 is 0. The fourth-order valence-electron chi connectivity index (χ4n) is 2.74. The van der Waals surface area contributed by atoms with Crippen molar-refractivity contribution in [3.63, 3.8) is 0 Å². The van der Waals surface area contributed by atoms with E-state index in [1.165, 1.54) is 31.2 Å². The van der Waals surface area contributed by atoms with E-state index < -0.39 is 0 Å². The summed E-state index contributed by atoms with van der Waals surface area (Å²) in [6, 6.07) is 2.24. The summed E-state index contributed by atoms with van der Waals surface area (Å²) >= 11 is 1.79. The predicted molar refractivity (Wildman–Crippen MR) is 62.5 cm³/mol. The highest BCUT2D eigenvalue weighted by Crippen LogP contribution is 2.43. The minimum atomic E-state index is 0.417. The van der Waals surface area contributed by atoms with Gasteiger partial charge in [-0.3, -0.25) is 0 Å². The second kappa shape index (κ2) is 4.03. The Balaban J connectivity index is 2.06. The Labute approximate surface area is 90.3 Å². The van der Waals surface area contributed by atoms with Crippen molar-refractivity contribution < 1.29 is 0 Å². The van der Waals surface area contributed by atoms with Gasteiger partial charge in [0.25, 0.3) is 0 Å². The zero-order chi connectivity index (χ0) is 10.0. The van der Waals surface area contributed by atoms with Crippen molar-refractivity contribution in [2.45, 2.75) is 32.6 Å². The summed E-state index contributed by atoms with van der Waals surface area (Å²) in [5.41, 5.74) is 7.85.